The molecule has 0 amide bonds. The van der Waals surface area contributed by atoms with Gasteiger partial charge < -0.3 is 4.74 Å². The fourth-order valence-electron chi connectivity index (χ4n) is 1.75. The summed E-state index contributed by atoms with van der Waals surface area (Å²) in [6, 6.07) is 4.61. The predicted octanol–water partition coefficient (Wildman–Crippen LogP) is 3.28. The zero-order valence-corrected chi connectivity index (χ0v) is 11.3. The summed E-state index contributed by atoms with van der Waals surface area (Å²) in [6.07, 6.45) is -1.54. The van der Waals surface area contributed by atoms with E-state index in [1.807, 2.05) is 0 Å². The van der Waals surface area contributed by atoms with Crippen LogP contribution in [0.5, 0.6) is 5.75 Å². The van der Waals surface area contributed by atoms with Crippen molar-refractivity contribution in [1.29, 1.82) is 0 Å². The van der Waals surface area contributed by atoms with Crippen molar-refractivity contribution in [3.8, 4) is 5.75 Å². The monoisotopic (exact) mass is 315 g/mol. The zero-order valence-electron chi connectivity index (χ0n) is 11.3. The van der Waals surface area contributed by atoms with Crippen LogP contribution in [0.3, 0.4) is 0 Å². The smallest absolute Gasteiger partial charge is 0.416 e. The Labute approximate surface area is 123 Å². The van der Waals surface area contributed by atoms with Gasteiger partial charge in [-0.15, -0.1) is 0 Å². The number of halogens is 3. The second-order valence-electron chi connectivity index (χ2n) is 4.45. The van der Waals surface area contributed by atoms with Gasteiger partial charge in [-0.2, -0.15) is 18.3 Å². The summed E-state index contributed by atoms with van der Waals surface area (Å²) in [6.45, 7) is 0.543. The van der Waals surface area contributed by atoms with E-state index in [1.165, 1.54) is 23.0 Å². The predicted molar refractivity (Wildman–Crippen MR) is 70.4 cm³/mol. The molecular formula is C13H12F3N3O3. The number of alkyl halides is 3. The summed E-state index contributed by atoms with van der Waals surface area (Å²) in [5, 5.41) is 14.3. The molecule has 118 valence electrons. The lowest BCUT2D eigenvalue weighted by molar-refractivity contribution is -0.385. The maximum Gasteiger partial charge on any atom is 0.416 e. The topological polar surface area (TPSA) is 70.2 Å². The molecule has 0 saturated heterocycles. The number of hydrogen-bond donors (Lipinski definition) is 0. The van der Waals surface area contributed by atoms with Crippen LogP contribution in [-0.4, -0.2) is 21.3 Å². The Morgan fingerprint density at radius 1 is 1.36 bits per heavy atom. The van der Waals surface area contributed by atoms with Gasteiger partial charge >= 0.3 is 11.9 Å². The first-order valence-electron chi connectivity index (χ1n) is 6.33. The van der Waals surface area contributed by atoms with E-state index in [0.717, 1.165) is 18.3 Å². The molecular weight excluding hydrogens is 303 g/mol. The van der Waals surface area contributed by atoms with Gasteiger partial charge in [-0.3, -0.25) is 14.8 Å². The Morgan fingerprint density at radius 2 is 2.14 bits per heavy atom. The average Bonchev–Trinajstić information content (AvgIpc) is 2.92. The number of benzene rings is 1. The molecule has 0 unspecified atom stereocenters. The maximum absolute atomic E-state index is 12.5. The lowest BCUT2D eigenvalue weighted by Gasteiger charge is -2.10. The second kappa shape index (κ2) is 6.46. The van der Waals surface area contributed by atoms with Crippen molar-refractivity contribution in [2.45, 2.75) is 19.1 Å². The first-order chi connectivity index (χ1) is 10.4. The van der Waals surface area contributed by atoms with Gasteiger partial charge in [0, 0.05) is 13.0 Å². The fourth-order valence-corrected chi connectivity index (χ4v) is 1.75. The number of rotatable bonds is 6. The van der Waals surface area contributed by atoms with Crippen LogP contribution in [0.25, 0.3) is 0 Å². The van der Waals surface area contributed by atoms with E-state index in [1.54, 1.807) is 0 Å². The van der Waals surface area contributed by atoms with Crippen LogP contribution in [0.1, 0.15) is 12.0 Å². The molecule has 1 aromatic heterocycles. The number of nitrogens with zero attached hydrogens (tertiary/aromatic N) is 3. The molecule has 22 heavy (non-hydrogen) atoms. The summed E-state index contributed by atoms with van der Waals surface area (Å²) in [4.78, 5) is 9.92. The highest BCUT2D eigenvalue weighted by Gasteiger charge is 2.30. The maximum atomic E-state index is 12.5. The van der Waals surface area contributed by atoms with Gasteiger partial charge in [0.15, 0.2) is 0 Å². The SMILES string of the molecule is O=[N+]([O-])c1cnn(CCCOc2cccc(C(F)(F)F)c2)c1. The number of aryl methyl sites for hydroxylation is 1. The van der Waals surface area contributed by atoms with Crippen LogP contribution in [-0.2, 0) is 12.7 Å². The van der Waals surface area contributed by atoms with Crippen molar-refractivity contribution in [3.63, 3.8) is 0 Å². The van der Waals surface area contributed by atoms with E-state index in [2.05, 4.69) is 5.10 Å². The van der Waals surface area contributed by atoms with Crippen molar-refractivity contribution < 1.29 is 22.8 Å². The third-order valence-corrected chi connectivity index (χ3v) is 2.79. The molecule has 0 bridgehead atoms. The molecule has 0 N–H and O–H groups in total. The Hall–Kier alpha value is -2.58. The molecule has 0 fully saturated rings. The highest BCUT2D eigenvalue weighted by Crippen LogP contribution is 2.31. The highest BCUT2D eigenvalue weighted by atomic mass is 19.4. The van der Waals surface area contributed by atoms with Crippen molar-refractivity contribution >= 4 is 5.69 Å². The lowest BCUT2D eigenvalue weighted by atomic mass is 10.2. The molecule has 0 saturated carbocycles. The molecule has 0 aliphatic rings. The number of nitro groups is 1. The molecule has 6 nitrogen and oxygen atoms in total. The van der Waals surface area contributed by atoms with E-state index in [9.17, 15) is 23.3 Å². The van der Waals surface area contributed by atoms with Crippen LogP contribution in [0.2, 0.25) is 0 Å². The second-order valence-corrected chi connectivity index (χ2v) is 4.45. The first kappa shape index (κ1) is 15.8. The largest absolute Gasteiger partial charge is 0.494 e. The number of hydrogen-bond acceptors (Lipinski definition) is 4. The Kier molecular flexibility index (Phi) is 4.64. The molecule has 1 heterocycles. The number of aromatic nitrogens is 2. The molecule has 0 atom stereocenters. The van der Waals surface area contributed by atoms with Gasteiger partial charge in [-0.05, 0) is 18.2 Å². The average molecular weight is 315 g/mol. The van der Waals surface area contributed by atoms with E-state index in [4.69, 9.17) is 4.74 Å². The Balaban J connectivity index is 1.82. The standard InChI is InChI=1S/C13H12F3N3O3/c14-13(15,16)10-3-1-4-12(7-10)22-6-2-5-18-9-11(8-17-18)19(20)21/h1,3-4,7-9H,2,5-6H2. The zero-order chi connectivity index (χ0) is 16.2. The van der Waals surface area contributed by atoms with Crippen LogP contribution in [0, 0.1) is 10.1 Å². The van der Waals surface area contributed by atoms with Crippen molar-refractivity contribution in [3.05, 3.63) is 52.3 Å². The fraction of sp³-hybridized carbons (Fsp3) is 0.308. The minimum atomic E-state index is -4.41. The van der Waals surface area contributed by atoms with Crippen LogP contribution < -0.4 is 4.74 Å². The van der Waals surface area contributed by atoms with E-state index < -0.39 is 16.7 Å². The van der Waals surface area contributed by atoms with Crippen LogP contribution in [0.4, 0.5) is 18.9 Å². The van der Waals surface area contributed by atoms with Gasteiger partial charge in [-0.25, -0.2) is 0 Å². The molecule has 0 aliphatic carbocycles. The minimum absolute atomic E-state index is 0.112. The summed E-state index contributed by atoms with van der Waals surface area (Å²) in [5.74, 6) is 0.126. The normalized spacial score (nSPS) is 11.4. The van der Waals surface area contributed by atoms with Crippen molar-refractivity contribution in [1.82, 2.24) is 9.78 Å². The quantitative estimate of drug-likeness (QED) is 0.466. The molecule has 9 heteroatoms. The third kappa shape index (κ3) is 4.21. The molecule has 2 aromatic rings. The van der Waals surface area contributed by atoms with Gasteiger partial charge in [0.05, 0.1) is 17.1 Å². The lowest BCUT2D eigenvalue weighted by Crippen LogP contribution is -2.07. The number of ether oxygens (including phenoxy) is 1. The van der Waals surface area contributed by atoms with Gasteiger partial charge in [0.25, 0.3) is 0 Å². The summed E-state index contributed by atoms with van der Waals surface area (Å²) in [7, 11) is 0. The molecule has 0 spiro atoms. The molecule has 2 rings (SSSR count). The van der Waals surface area contributed by atoms with E-state index in [-0.39, 0.29) is 18.0 Å². The van der Waals surface area contributed by atoms with Crippen molar-refractivity contribution in [2.24, 2.45) is 0 Å². The van der Waals surface area contributed by atoms with Gasteiger partial charge in [0.1, 0.15) is 18.1 Å². The summed E-state index contributed by atoms with van der Waals surface area (Å²) in [5.41, 5.74) is -0.883. The summed E-state index contributed by atoms with van der Waals surface area (Å²) < 4.78 is 44.2. The van der Waals surface area contributed by atoms with E-state index >= 15 is 0 Å². The van der Waals surface area contributed by atoms with Crippen LogP contribution >= 0.6 is 0 Å². The van der Waals surface area contributed by atoms with Gasteiger partial charge in [0.2, 0.25) is 0 Å². The van der Waals surface area contributed by atoms with Crippen molar-refractivity contribution in [2.75, 3.05) is 6.61 Å². The Bertz CT molecular complexity index is 655. The molecule has 0 aliphatic heterocycles. The van der Waals surface area contributed by atoms with E-state index in [0.29, 0.717) is 13.0 Å². The molecule has 1 aromatic carbocycles. The molecule has 0 radical (unpaired) electrons. The third-order valence-electron chi connectivity index (χ3n) is 2.79. The van der Waals surface area contributed by atoms with Crippen LogP contribution in [0.15, 0.2) is 36.7 Å². The Morgan fingerprint density at radius 3 is 2.77 bits per heavy atom. The van der Waals surface area contributed by atoms with Gasteiger partial charge in [-0.1, -0.05) is 6.07 Å². The highest BCUT2D eigenvalue weighted by molar-refractivity contribution is 5.30. The summed E-state index contributed by atoms with van der Waals surface area (Å²) >= 11 is 0. The first-order valence-corrected chi connectivity index (χ1v) is 6.33. The minimum Gasteiger partial charge on any atom is -0.494 e.